The van der Waals surface area contributed by atoms with E-state index >= 15 is 0 Å². The lowest BCUT2D eigenvalue weighted by Crippen LogP contribution is -2.08. The molecule has 0 radical (unpaired) electrons. The van der Waals surface area contributed by atoms with Crippen molar-refractivity contribution in [2.45, 2.75) is 18.9 Å². The standard InChI is InChI=1S/C15H15NO4/c1-18-14-5-4-10(8-16-14)9-20-15(17)12-7-11(12)13-3-2-6-19-13/h2-6,8,11-12H,7,9H2,1H3/t11-,12-/m1/s1. The molecular weight excluding hydrogens is 258 g/mol. The first-order valence-corrected chi connectivity index (χ1v) is 6.47. The minimum Gasteiger partial charge on any atom is -0.481 e. The van der Waals surface area contributed by atoms with Crippen LogP contribution in [0.25, 0.3) is 0 Å². The van der Waals surface area contributed by atoms with E-state index in [0.717, 1.165) is 17.7 Å². The molecule has 3 rings (SSSR count). The zero-order chi connectivity index (χ0) is 13.9. The number of hydrogen-bond donors (Lipinski definition) is 0. The second kappa shape index (κ2) is 5.36. The Labute approximate surface area is 116 Å². The fraction of sp³-hybridized carbons (Fsp3) is 0.333. The summed E-state index contributed by atoms with van der Waals surface area (Å²) in [5.74, 6) is 1.32. The third-order valence-electron chi connectivity index (χ3n) is 3.39. The van der Waals surface area contributed by atoms with Crippen molar-refractivity contribution in [1.82, 2.24) is 4.98 Å². The molecule has 1 saturated carbocycles. The summed E-state index contributed by atoms with van der Waals surface area (Å²) in [5.41, 5.74) is 0.842. The van der Waals surface area contributed by atoms with Gasteiger partial charge in [-0.3, -0.25) is 4.79 Å². The molecule has 0 aliphatic heterocycles. The number of furan rings is 1. The summed E-state index contributed by atoms with van der Waals surface area (Å²) in [4.78, 5) is 16.0. The van der Waals surface area contributed by atoms with Crippen LogP contribution >= 0.6 is 0 Å². The van der Waals surface area contributed by atoms with Crippen LogP contribution in [0.15, 0.2) is 41.1 Å². The van der Waals surface area contributed by atoms with Crippen LogP contribution in [0.3, 0.4) is 0 Å². The van der Waals surface area contributed by atoms with Gasteiger partial charge in [-0.15, -0.1) is 0 Å². The first kappa shape index (κ1) is 12.7. The Kier molecular flexibility index (Phi) is 3.41. The van der Waals surface area contributed by atoms with E-state index in [1.54, 1.807) is 25.6 Å². The molecule has 1 aliphatic carbocycles. The summed E-state index contributed by atoms with van der Waals surface area (Å²) in [6.45, 7) is 0.233. The van der Waals surface area contributed by atoms with Gasteiger partial charge in [-0.1, -0.05) is 0 Å². The highest BCUT2D eigenvalue weighted by Crippen LogP contribution is 2.48. The molecule has 0 bridgehead atoms. The highest BCUT2D eigenvalue weighted by atomic mass is 16.5. The van der Waals surface area contributed by atoms with Crippen molar-refractivity contribution in [2.75, 3.05) is 7.11 Å². The van der Waals surface area contributed by atoms with Crippen LogP contribution in [-0.4, -0.2) is 18.1 Å². The number of aromatic nitrogens is 1. The lowest BCUT2D eigenvalue weighted by molar-refractivity contribution is -0.146. The molecule has 1 fully saturated rings. The molecule has 0 N–H and O–H groups in total. The summed E-state index contributed by atoms with van der Waals surface area (Å²) in [6.07, 6.45) is 4.06. The molecule has 0 aromatic carbocycles. The maximum absolute atomic E-state index is 11.9. The smallest absolute Gasteiger partial charge is 0.310 e. The largest absolute Gasteiger partial charge is 0.481 e. The number of ether oxygens (including phenoxy) is 2. The third-order valence-corrected chi connectivity index (χ3v) is 3.39. The van der Waals surface area contributed by atoms with Crippen molar-refractivity contribution in [2.24, 2.45) is 5.92 Å². The normalized spacial score (nSPS) is 20.4. The molecule has 104 valence electrons. The first-order valence-electron chi connectivity index (χ1n) is 6.47. The van der Waals surface area contributed by atoms with Crippen LogP contribution in [0.5, 0.6) is 5.88 Å². The van der Waals surface area contributed by atoms with Gasteiger partial charge in [0.15, 0.2) is 0 Å². The van der Waals surface area contributed by atoms with E-state index in [4.69, 9.17) is 13.9 Å². The predicted octanol–water partition coefficient (Wildman–Crippen LogP) is 2.53. The predicted molar refractivity (Wildman–Crippen MR) is 70.1 cm³/mol. The third kappa shape index (κ3) is 2.66. The molecule has 2 heterocycles. The zero-order valence-electron chi connectivity index (χ0n) is 11.1. The van der Waals surface area contributed by atoms with E-state index in [2.05, 4.69) is 4.98 Å². The maximum atomic E-state index is 11.9. The van der Waals surface area contributed by atoms with Gasteiger partial charge >= 0.3 is 5.97 Å². The maximum Gasteiger partial charge on any atom is 0.310 e. The molecule has 2 atom stereocenters. The topological polar surface area (TPSA) is 61.6 Å². The first-order chi connectivity index (χ1) is 9.78. The Morgan fingerprint density at radius 2 is 2.35 bits per heavy atom. The molecule has 1 aliphatic rings. The minimum atomic E-state index is -0.179. The van der Waals surface area contributed by atoms with Gasteiger partial charge < -0.3 is 13.9 Å². The number of methoxy groups -OCH3 is 1. The van der Waals surface area contributed by atoms with Crippen molar-refractivity contribution >= 4 is 5.97 Å². The second-order valence-corrected chi connectivity index (χ2v) is 4.78. The van der Waals surface area contributed by atoms with Crippen molar-refractivity contribution < 1.29 is 18.7 Å². The number of esters is 1. The van der Waals surface area contributed by atoms with Gasteiger partial charge in [0.2, 0.25) is 5.88 Å². The van der Waals surface area contributed by atoms with E-state index in [1.165, 1.54) is 0 Å². The van der Waals surface area contributed by atoms with Crippen LogP contribution in [0.2, 0.25) is 0 Å². The van der Waals surface area contributed by atoms with Gasteiger partial charge in [-0.25, -0.2) is 4.98 Å². The van der Waals surface area contributed by atoms with E-state index in [0.29, 0.717) is 5.88 Å². The van der Waals surface area contributed by atoms with E-state index in [1.807, 2.05) is 18.2 Å². The monoisotopic (exact) mass is 273 g/mol. The van der Waals surface area contributed by atoms with Crippen molar-refractivity contribution in [3.05, 3.63) is 48.0 Å². The molecule has 20 heavy (non-hydrogen) atoms. The van der Waals surface area contributed by atoms with E-state index < -0.39 is 0 Å². The number of nitrogens with zero attached hydrogens (tertiary/aromatic N) is 1. The highest BCUT2D eigenvalue weighted by molar-refractivity contribution is 5.77. The average Bonchev–Trinajstić information content (AvgIpc) is 3.11. The van der Waals surface area contributed by atoms with Gasteiger partial charge in [-0.05, 0) is 24.6 Å². The Morgan fingerprint density at radius 3 is 3.00 bits per heavy atom. The van der Waals surface area contributed by atoms with Crippen molar-refractivity contribution in [3.8, 4) is 5.88 Å². The summed E-state index contributed by atoms with van der Waals surface area (Å²) in [7, 11) is 1.56. The number of rotatable bonds is 5. The molecule has 2 aromatic rings. The number of carbonyl (C=O) groups excluding carboxylic acids is 1. The molecule has 0 unspecified atom stereocenters. The Hall–Kier alpha value is -2.30. The van der Waals surface area contributed by atoms with Gasteiger partial charge in [0.1, 0.15) is 12.4 Å². The summed E-state index contributed by atoms with van der Waals surface area (Å²) < 4.78 is 15.6. The molecule has 0 spiro atoms. The summed E-state index contributed by atoms with van der Waals surface area (Å²) in [5, 5.41) is 0. The average molecular weight is 273 g/mol. The van der Waals surface area contributed by atoms with Crippen LogP contribution in [0, 0.1) is 5.92 Å². The molecule has 0 saturated heterocycles. The Morgan fingerprint density at radius 1 is 1.45 bits per heavy atom. The second-order valence-electron chi connectivity index (χ2n) is 4.78. The van der Waals surface area contributed by atoms with E-state index in [9.17, 15) is 4.79 Å². The fourth-order valence-electron chi connectivity index (χ4n) is 2.15. The lowest BCUT2D eigenvalue weighted by Gasteiger charge is -2.05. The van der Waals surface area contributed by atoms with E-state index in [-0.39, 0.29) is 24.4 Å². The van der Waals surface area contributed by atoms with Crippen molar-refractivity contribution in [1.29, 1.82) is 0 Å². The molecule has 2 aromatic heterocycles. The number of carbonyl (C=O) groups is 1. The number of hydrogen-bond acceptors (Lipinski definition) is 5. The highest BCUT2D eigenvalue weighted by Gasteiger charge is 2.47. The fourth-order valence-corrected chi connectivity index (χ4v) is 2.15. The number of pyridine rings is 1. The van der Waals surface area contributed by atoms with Gasteiger partial charge in [0, 0.05) is 23.7 Å². The molecule has 5 nitrogen and oxygen atoms in total. The van der Waals surface area contributed by atoms with Crippen LogP contribution in [0.1, 0.15) is 23.7 Å². The van der Waals surface area contributed by atoms with Crippen LogP contribution in [0.4, 0.5) is 0 Å². The minimum absolute atomic E-state index is 0.0765. The Bertz CT molecular complexity index is 576. The summed E-state index contributed by atoms with van der Waals surface area (Å²) >= 11 is 0. The van der Waals surface area contributed by atoms with Gasteiger partial charge in [0.25, 0.3) is 0 Å². The van der Waals surface area contributed by atoms with Gasteiger partial charge in [-0.2, -0.15) is 0 Å². The Balaban J connectivity index is 1.50. The van der Waals surface area contributed by atoms with Crippen LogP contribution < -0.4 is 4.74 Å². The van der Waals surface area contributed by atoms with Gasteiger partial charge in [0.05, 0.1) is 19.3 Å². The quantitative estimate of drug-likeness (QED) is 0.783. The molecular formula is C15H15NO4. The lowest BCUT2D eigenvalue weighted by atomic mass is 10.2. The summed E-state index contributed by atoms with van der Waals surface area (Å²) in [6, 6.07) is 7.30. The van der Waals surface area contributed by atoms with Crippen molar-refractivity contribution in [3.63, 3.8) is 0 Å². The molecule has 5 heteroatoms. The SMILES string of the molecule is COc1ccc(COC(=O)[C@@H]2C[C@H]2c2ccco2)cn1. The molecule has 0 amide bonds. The zero-order valence-corrected chi connectivity index (χ0v) is 11.1. The van der Waals surface area contributed by atoms with Crippen LogP contribution in [-0.2, 0) is 16.1 Å².